The molecular weight excluding hydrogens is 392 g/mol. The van der Waals surface area contributed by atoms with Gasteiger partial charge in [0, 0.05) is 17.3 Å². The Morgan fingerprint density at radius 1 is 0.967 bits per heavy atom. The minimum Gasteiger partial charge on any atom is -0.326 e. The number of hydrogen-bond acceptors (Lipinski definition) is 2. The topological polar surface area (TPSA) is 32.3 Å². The standard InChI is InChI=1S/C26H25ClN2O/c1-29(2)17-19-13-22-9-12-25(16-23(22)14-19)28-26(30)15-18-3-5-20(6-4-18)21-7-10-24(27)11-8-21/h3-13,16H,14-15,17H2,1-2H3,(H,28,30). The lowest BCUT2D eigenvalue weighted by atomic mass is 10.0. The van der Waals surface area contributed by atoms with E-state index in [-0.39, 0.29) is 5.91 Å². The first-order valence-corrected chi connectivity index (χ1v) is 10.5. The van der Waals surface area contributed by atoms with Crippen molar-refractivity contribution in [1.29, 1.82) is 0 Å². The maximum Gasteiger partial charge on any atom is 0.228 e. The number of rotatable bonds is 6. The Bertz CT molecular complexity index is 1080. The summed E-state index contributed by atoms with van der Waals surface area (Å²) in [7, 11) is 4.16. The average molecular weight is 417 g/mol. The Morgan fingerprint density at radius 2 is 1.63 bits per heavy atom. The summed E-state index contributed by atoms with van der Waals surface area (Å²) in [4.78, 5) is 14.7. The molecule has 3 nitrogen and oxygen atoms in total. The van der Waals surface area contributed by atoms with Crippen LogP contribution in [-0.4, -0.2) is 31.4 Å². The molecule has 152 valence electrons. The van der Waals surface area contributed by atoms with Crippen LogP contribution in [0.25, 0.3) is 17.2 Å². The summed E-state index contributed by atoms with van der Waals surface area (Å²) in [5.74, 6) is -0.00587. The van der Waals surface area contributed by atoms with E-state index in [4.69, 9.17) is 11.6 Å². The van der Waals surface area contributed by atoms with Gasteiger partial charge < -0.3 is 10.2 Å². The SMILES string of the molecule is CN(C)CC1=Cc2ccc(NC(=O)Cc3ccc(-c4ccc(Cl)cc4)cc3)cc2C1. The first kappa shape index (κ1) is 20.4. The summed E-state index contributed by atoms with van der Waals surface area (Å²) in [6.45, 7) is 0.961. The fourth-order valence-corrected chi connectivity index (χ4v) is 3.97. The van der Waals surface area contributed by atoms with E-state index in [1.807, 2.05) is 54.6 Å². The smallest absolute Gasteiger partial charge is 0.228 e. The third-order valence-electron chi connectivity index (χ3n) is 5.22. The summed E-state index contributed by atoms with van der Waals surface area (Å²) in [6.07, 6.45) is 3.55. The Balaban J connectivity index is 1.36. The second-order valence-corrected chi connectivity index (χ2v) is 8.50. The van der Waals surface area contributed by atoms with Crippen LogP contribution in [0.5, 0.6) is 0 Å². The van der Waals surface area contributed by atoms with Gasteiger partial charge in [-0.25, -0.2) is 0 Å². The lowest BCUT2D eigenvalue weighted by molar-refractivity contribution is -0.115. The summed E-state index contributed by atoms with van der Waals surface area (Å²) in [5.41, 5.74) is 7.99. The van der Waals surface area contributed by atoms with E-state index in [0.29, 0.717) is 6.42 Å². The number of anilines is 1. The van der Waals surface area contributed by atoms with Gasteiger partial charge in [-0.1, -0.05) is 65.7 Å². The van der Waals surface area contributed by atoms with Gasteiger partial charge in [0.2, 0.25) is 5.91 Å². The Kier molecular flexibility index (Phi) is 6.03. The predicted octanol–water partition coefficient (Wildman–Crippen LogP) is 5.69. The Labute approximate surface area is 183 Å². The van der Waals surface area contributed by atoms with Crippen LogP contribution >= 0.6 is 11.6 Å². The third-order valence-corrected chi connectivity index (χ3v) is 5.47. The molecule has 0 heterocycles. The quantitative estimate of drug-likeness (QED) is 0.559. The van der Waals surface area contributed by atoms with Gasteiger partial charge in [0.15, 0.2) is 0 Å². The maximum atomic E-state index is 12.5. The number of likely N-dealkylation sites (N-methyl/N-ethyl adjacent to an activating group) is 1. The monoisotopic (exact) mass is 416 g/mol. The summed E-state index contributed by atoms with van der Waals surface area (Å²) < 4.78 is 0. The van der Waals surface area contributed by atoms with Crippen LogP contribution in [0.2, 0.25) is 5.02 Å². The fraction of sp³-hybridized carbons (Fsp3) is 0.192. The van der Waals surface area contributed by atoms with Crippen LogP contribution in [0, 0.1) is 0 Å². The van der Waals surface area contributed by atoms with Gasteiger partial charge in [-0.3, -0.25) is 4.79 Å². The molecule has 1 aliphatic rings. The molecule has 4 heteroatoms. The Hall–Kier alpha value is -2.88. The lowest BCUT2D eigenvalue weighted by Gasteiger charge is -2.10. The van der Waals surface area contributed by atoms with Crippen LogP contribution in [0.3, 0.4) is 0 Å². The van der Waals surface area contributed by atoms with Gasteiger partial charge in [0.05, 0.1) is 6.42 Å². The van der Waals surface area contributed by atoms with Crippen molar-refractivity contribution in [2.24, 2.45) is 0 Å². The van der Waals surface area contributed by atoms with E-state index in [2.05, 4.69) is 42.5 Å². The molecule has 0 saturated heterocycles. The van der Waals surface area contributed by atoms with Crippen LogP contribution < -0.4 is 5.32 Å². The average Bonchev–Trinajstić information content (AvgIpc) is 3.10. The molecule has 1 amide bonds. The molecule has 0 unspecified atom stereocenters. The molecule has 1 aliphatic carbocycles. The van der Waals surface area contributed by atoms with E-state index in [1.165, 1.54) is 16.7 Å². The highest BCUT2D eigenvalue weighted by Crippen LogP contribution is 2.28. The molecule has 0 radical (unpaired) electrons. The molecule has 0 atom stereocenters. The van der Waals surface area contributed by atoms with E-state index in [0.717, 1.165) is 40.4 Å². The van der Waals surface area contributed by atoms with Gasteiger partial charge >= 0.3 is 0 Å². The molecule has 3 aromatic rings. The normalized spacial score (nSPS) is 12.6. The first-order valence-electron chi connectivity index (χ1n) is 10.1. The van der Waals surface area contributed by atoms with E-state index in [9.17, 15) is 4.79 Å². The highest BCUT2D eigenvalue weighted by Gasteiger charge is 2.14. The van der Waals surface area contributed by atoms with Crippen molar-refractivity contribution in [3.63, 3.8) is 0 Å². The van der Waals surface area contributed by atoms with Crippen LogP contribution in [-0.2, 0) is 17.6 Å². The molecule has 0 aromatic heterocycles. The number of hydrogen-bond donors (Lipinski definition) is 1. The van der Waals surface area contributed by atoms with Gasteiger partial charge in [-0.05, 0) is 72.6 Å². The van der Waals surface area contributed by atoms with E-state index < -0.39 is 0 Å². The number of nitrogens with one attached hydrogen (secondary N) is 1. The summed E-state index contributed by atoms with van der Waals surface area (Å²) in [6, 6.07) is 22.0. The molecule has 3 aromatic carbocycles. The zero-order valence-corrected chi connectivity index (χ0v) is 18.0. The maximum absolute atomic E-state index is 12.5. The number of halogens is 1. The number of carbonyl (C=O) groups is 1. The molecule has 0 saturated carbocycles. The number of amides is 1. The summed E-state index contributed by atoms with van der Waals surface area (Å²) in [5, 5.41) is 3.77. The van der Waals surface area contributed by atoms with Gasteiger partial charge in [-0.2, -0.15) is 0 Å². The second-order valence-electron chi connectivity index (χ2n) is 8.06. The zero-order valence-electron chi connectivity index (χ0n) is 17.3. The van der Waals surface area contributed by atoms with Gasteiger partial charge in [-0.15, -0.1) is 0 Å². The largest absolute Gasteiger partial charge is 0.326 e. The van der Waals surface area contributed by atoms with Crippen LogP contribution in [0.4, 0.5) is 5.69 Å². The van der Waals surface area contributed by atoms with Crippen molar-refractivity contribution in [3.05, 3.63) is 94.0 Å². The molecule has 0 bridgehead atoms. The highest BCUT2D eigenvalue weighted by molar-refractivity contribution is 6.30. The molecule has 0 spiro atoms. The van der Waals surface area contributed by atoms with Crippen molar-refractivity contribution >= 4 is 29.3 Å². The van der Waals surface area contributed by atoms with Crippen molar-refractivity contribution in [2.45, 2.75) is 12.8 Å². The van der Waals surface area contributed by atoms with Crippen LogP contribution in [0.15, 0.2) is 72.3 Å². The number of fused-ring (bicyclic) bond motifs is 1. The van der Waals surface area contributed by atoms with Gasteiger partial charge in [0.25, 0.3) is 0 Å². The third kappa shape index (κ3) is 4.99. The number of nitrogens with zero attached hydrogens (tertiary/aromatic N) is 1. The van der Waals surface area contributed by atoms with Crippen molar-refractivity contribution in [1.82, 2.24) is 4.90 Å². The predicted molar refractivity (Wildman–Crippen MR) is 126 cm³/mol. The second kappa shape index (κ2) is 8.86. The van der Waals surface area contributed by atoms with E-state index >= 15 is 0 Å². The molecule has 0 fully saturated rings. The molecule has 30 heavy (non-hydrogen) atoms. The minimum absolute atomic E-state index is 0.00587. The lowest BCUT2D eigenvalue weighted by Crippen LogP contribution is -2.15. The van der Waals surface area contributed by atoms with E-state index in [1.54, 1.807) is 0 Å². The molecule has 1 N–H and O–H groups in total. The fourth-order valence-electron chi connectivity index (χ4n) is 3.85. The van der Waals surface area contributed by atoms with Crippen LogP contribution in [0.1, 0.15) is 16.7 Å². The molecule has 4 rings (SSSR count). The number of carbonyl (C=O) groups excluding carboxylic acids is 1. The first-order chi connectivity index (χ1) is 14.5. The van der Waals surface area contributed by atoms with Crippen molar-refractivity contribution in [2.75, 3.05) is 26.0 Å². The minimum atomic E-state index is -0.00587. The zero-order chi connectivity index (χ0) is 21.1. The molecular formula is C26H25ClN2O. The number of benzene rings is 3. The molecule has 0 aliphatic heterocycles. The van der Waals surface area contributed by atoms with Crippen molar-refractivity contribution in [3.8, 4) is 11.1 Å². The van der Waals surface area contributed by atoms with Crippen molar-refractivity contribution < 1.29 is 4.79 Å². The Morgan fingerprint density at radius 3 is 2.30 bits per heavy atom. The summed E-state index contributed by atoms with van der Waals surface area (Å²) >= 11 is 5.96. The van der Waals surface area contributed by atoms with Gasteiger partial charge in [0.1, 0.15) is 0 Å². The highest BCUT2D eigenvalue weighted by atomic mass is 35.5.